The molecule has 22 heavy (non-hydrogen) atoms. The van der Waals surface area contributed by atoms with Gasteiger partial charge in [-0.05, 0) is 43.9 Å². The number of ether oxygens (including phenoxy) is 1. The fraction of sp³-hybridized carbons (Fsp3) is 0.471. The number of aryl methyl sites for hydroxylation is 2. The molecule has 1 aliphatic rings. The summed E-state index contributed by atoms with van der Waals surface area (Å²) in [5.41, 5.74) is 3.33. The Hall–Kier alpha value is -0.940. The molecule has 2 heterocycles. The van der Waals surface area contributed by atoms with Crippen molar-refractivity contribution in [1.82, 2.24) is 10.3 Å². The molecule has 0 atom stereocenters. The van der Waals surface area contributed by atoms with Crippen LogP contribution in [0.15, 0.2) is 23.6 Å². The second kappa shape index (κ2) is 6.67. The Morgan fingerprint density at radius 1 is 1.32 bits per heavy atom. The predicted molar refractivity (Wildman–Crippen MR) is 91.6 cm³/mol. The molecule has 3 nitrogen and oxygen atoms in total. The summed E-state index contributed by atoms with van der Waals surface area (Å²) >= 11 is 7.97. The number of rotatable bonds is 4. The van der Waals surface area contributed by atoms with Gasteiger partial charge in [0.05, 0.1) is 5.54 Å². The molecule has 3 rings (SSSR count). The van der Waals surface area contributed by atoms with Crippen LogP contribution in [-0.4, -0.2) is 18.2 Å². The van der Waals surface area contributed by atoms with E-state index in [-0.39, 0.29) is 5.54 Å². The Morgan fingerprint density at radius 3 is 2.73 bits per heavy atom. The summed E-state index contributed by atoms with van der Waals surface area (Å²) in [5.74, 6) is 0. The van der Waals surface area contributed by atoms with Crippen molar-refractivity contribution < 1.29 is 4.74 Å². The van der Waals surface area contributed by atoms with Crippen LogP contribution in [0.2, 0.25) is 5.02 Å². The zero-order valence-electron chi connectivity index (χ0n) is 13.0. The molecular formula is C17H21ClN2OS. The number of nitrogens with one attached hydrogen (secondary N) is 1. The Kier molecular flexibility index (Phi) is 4.83. The topological polar surface area (TPSA) is 34.1 Å². The summed E-state index contributed by atoms with van der Waals surface area (Å²) in [7, 11) is 0. The van der Waals surface area contributed by atoms with Gasteiger partial charge in [-0.25, -0.2) is 4.98 Å². The van der Waals surface area contributed by atoms with E-state index >= 15 is 0 Å². The van der Waals surface area contributed by atoms with Crippen LogP contribution in [0.3, 0.4) is 0 Å². The summed E-state index contributed by atoms with van der Waals surface area (Å²) in [6.45, 7) is 6.42. The molecule has 0 saturated carbocycles. The highest BCUT2D eigenvalue weighted by molar-refractivity contribution is 7.09. The molecule has 118 valence electrons. The van der Waals surface area contributed by atoms with Gasteiger partial charge in [0, 0.05) is 35.9 Å². The first-order chi connectivity index (χ1) is 10.6. The molecule has 0 unspecified atom stereocenters. The molecule has 0 bridgehead atoms. The monoisotopic (exact) mass is 336 g/mol. The van der Waals surface area contributed by atoms with Gasteiger partial charge in [-0.2, -0.15) is 0 Å². The molecule has 1 aliphatic heterocycles. The SMILES string of the molecule is Cc1csc(C2(NCc3ccc(C)c(Cl)c3)CCOCC2)n1. The summed E-state index contributed by atoms with van der Waals surface area (Å²) in [6, 6.07) is 6.25. The number of hydrogen-bond acceptors (Lipinski definition) is 4. The van der Waals surface area contributed by atoms with Crippen LogP contribution in [0, 0.1) is 13.8 Å². The lowest BCUT2D eigenvalue weighted by molar-refractivity contribution is 0.0356. The van der Waals surface area contributed by atoms with Crippen LogP contribution in [-0.2, 0) is 16.8 Å². The third-order valence-corrected chi connectivity index (χ3v) is 5.81. The van der Waals surface area contributed by atoms with Crippen molar-refractivity contribution in [2.24, 2.45) is 0 Å². The van der Waals surface area contributed by atoms with E-state index in [4.69, 9.17) is 21.3 Å². The Labute approximate surface area is 140 Å². The summed E-state index contributed by atoms with van der Waals surface area (Å²) in [5, 5.41) is 7.86. The van der Waals surface area contributed by atoms with E-state index in [0.717, 1.165) is 48.9 Å². The zero-order valence-corrected chi connectivity index (χ0v) is 14.6. The van der Waals surface area contributed by atoms with Crippen molar-refractivity contribution in [2.75, 3.05) is 13.2 Å². The smallest absolute Gasteiger partial charge is 0.113 e. The Bertz CT molecular complexity index is 650. The second-order valence-corrected chi connectivity index (χ2v) is 7.19. The van der Waals surface area contributed by atoms with Crippen LogP contribution in [0.25, 0.3) is 0 Å². The van der Waals surface area contributed by atoms with Crippen molar-refractivity contribution in [2.45, 2.75) is 38.8 Å². The van der Waals surface area contributed by atoms with Crippen molar-refractivity contribution in [3.05, 3.63) is 50.4 Å². The molecule has 1 saturated heterocycles. The third-order valence-electron chi connectivity index (χ3n) is 4.24. The lowest BCUT2D eigenvalue weighted by atomic mass is 9.90. The van der Waals surface area contributed by atoms with Crippen molar-refractivity contribution in [3.63, 3.8) is 0 Å². The van der Waals surface area contributed by atoms with Crippen molar-refractivity contribution in [1.29, 1.82) is 0 Å². The quantitative estimate of drug-likeness (QED) is 0.908. The first-order valence-corrected chi connectivity index (χ1v) is 8.85. The summed E-state index contributed by atoms with van der Waals surface area (Å²) in [6.07, 6.45) is 1.92. The van der Waals surface area contributed by atoms with Gasteiger partial charge in [0.15, 0.2) is 0 Å². The average Bonchev–Trinajstić information content (AvgIpc) is 2.97. The molecule has 1 aromatic heterocycles. The molecule has 1 fully saturated rings. The highest BCUT2D eigenvalue weighted by atomic mass is 35.5. The molecular weight excluding hydrogens is 316 g/mol. The maximum absolute atomic E-state index is 6.23. The van der Waals surface area contributed by atoms with Gasteiger partial charge in [0.25, 0.3) is 0 Å². The number of aromatic nitrogens is 1. The minimum Gasteiger partial charge on any atom is -0.381 e. The Morgan fingerprint density at radius 2 is 2.09 bits per heavy atom. The standard InChI is InChI=1S/C17H21ClN2OS/c1-12-3-4-14(9-15(12)18)10-19-17(5-7-21-8-6-17)16-20-13(2)11-22-16/h3-4,9,11,19H,5-8,10H2,1-2H3. The van der Waals surface area contributed by atoms with Crippen LogP contribution >= 0.6 is 22.9 Å². The first-order valence-electron chi connectivity index (χ1n) is 7.59. The molecule has 2 aromatic rings. The van der Waals surface area contributed by atoms with Crippen LogP contribution < -0.4 is 5.32 Å². The highest BCUT2D eigenvalue weighted by Crippen LogP contribution is 2.34. The van der Waals surface area contributed by atoms with Gasteiger partial charge < -0.3 is 10.1 Å². The van der Waals surface area contributed by atoms with E-state index < -0.39 is 0 Å². The maximum Gasteiger partial charge on any atom is 0.113 e. The van der Waals surface area contributed by atoms with E-state index in [0.29, 0.717) is 0 Å². The summed E-state index contributed by atoms with van der Waals surface area (Å²) in [4.78, 5) is 4.72. The highest BCUT2D eigenvalue weighted by Gasteiger charge is 2.36. The van der Waals surface area contributed by atoms with Gasteiger partial charge in [-0.15, -0.1) is 11.3 Å². The summed E-state index contributed by atoms with van der Waals surface area (Å²) < 4.78 is 5.56. The fourth-order valence-corrected chi connectivity index (χ4v) is 4.01. The van der Waals surface area contributed by atoms with Gasteiger partial charge >= 0.3 is 0 Å². The van der Waals surface area contributed by atoms with E-state index in [1.54, 1.807) is 11.3 Å². The first kappa shape index (κ1) is 15.9. The van der Waals surface area contributed by atoms with Crippen LogP contribution in [0.5, 0.6) is 0 Å². The zero-order chi connectivity index (χ0) is 15.6. The number of nitrogens with zero attached hydrogens (tertiary/aromatic N) is 1. The van der Waals surface area contributed by atoms with Crippen molar-refractivity contribution in [3.8, 4) is 0 Å². The normalized spacial score (nSPS) is 17.6. The number of benzene rings is 1. The van der Waals surface area contributed by atoms with Gasteiger partial charge in [0.1, 0.15) is 5.01 Å². The largest absolute Gasteiger partial charge is 0.381 e. The molecule has 0 amide bonds. The number of hydrogen-bond donors (Lipinski definition) is 1. The van der Waals surface area contributed by atoms with E-state index in [1.165, 1.54) is 10.6 Å². The van der Waals surface area contributed by atoms with Crippen molar-refractivity contribution >= 4 is 22.9 Å². The third kappa shape index (κ3) is 3.35. The molecule has 0 aliphatic carbocycles. The second-order valence-electron chi connectivity index (χ2n) is 5.93. The predicted octanol–water partition coefficient (Wildman–Crippen LogP) is 4.21. The molecule has 0 radical (unpaired) electrons. The lowest BCUT2D eigenvalue weighted by Gasteiger charge is -2.36. The number of halogens is 1. The van der Waals surface area contributed by atoms with Crippen LogP contribution in [0.1, 0.15) is 34.7 Å². The molecule has 5 heteroatoms. The fourth-order valence-electron chi connectivity index (χ4n) is 2.78. The maximum atomic E-state index is 6.23. The van der Waals surface area contributed by atoms with Gasteiger partial charge in [-0.1, -0.05) is 23.7 Å². The minimum atomic E-state index is -0.0749. The Balaban J connectivity index is 1.79. The van der Waals surface area contributed by atoms with Crippen LogP contribution in [0.4, 0.5) is 0 Å². The molecule has 1 N–H and O–H groups in total. The van der Waals surface area contributed by atoms with E-state index in [1.807, 2.05) is 19.9 Å². The van der Waals surface area contributed by atoms with E-state index in [9.17, 15) is 0 Å². The molecule has 0 spiro atoms. The molecule has 1 aromatic carbocycles. The minimum absolute atomic E-state index is 0.0749. The van der Waals surface area contributed by atoms with Gasteiger partial charge in [0.2, 0.25) is 0 Å². The average molecular weight is 337 g/mol. The number of thiazole rings is 1. The lowest BCUT2D eigenvalue weighted by Crippen LogP contribution is -2.46. The van der Waals surface area contributed by atoms with Gasteiger partial charge in [-0.3, -0.25) is 0 Å². The van der Waals surface area contributed by atoms with E-state index in [2.05, 4.69) is 22.8 Å².